The molecule has 0 spiro atoms. The Hall–Kier alpha value is -1.21. The van der Waals surface area contributed by atoms with Gasteiger partial charge in [0, 0.05) is 11.1 Å². The monoisotopic (exact) mass is 311 g/mol. The molecule has 0 aromatic carbocycles. The zero-order valence-electron chi connectivity index (χ0n) is 11.5. The van der Waals surface area contributed by atoms with Gasteiger partial charge in [0.25, 0.3) is 0 Å². The van der Waals surface area contributed by atoms with Crippen molar-refractivity contribution >= 4 is 37.2 Å². The molecule has 108 valence electrons. The number of hydrogen-bond acceptors (Lipinski definition) is 6. The topological polar surface area (TPSA) is 85.9 Å². The molecule has 1 unspecified atom stereocenters. The first-order valence-corrected chi connectivity index (χ1v) is 9.41. The maximum Gasteiger partial charge on any atom is 0.157 e. The molecule has 2 heterocycles. The van der Waals surface area contributed by atoms with Crippen LogP contribution in [-0.4, -0.2) is 24.6 Å². The number of fused-ring (bicyclic) bond motifs is 3. The summed E-state index contributed by atoms with van der Waals surface area (Å²) >= 11 is 1.63. The van der Waals surface area contributed by atoms with Crippen molar-refractivity contribution in [2.45, 2.75) is 37.9 Å². The smallest absolute Gasteiger partial charge is 0.157 e. The van der Waals surface area contributed by atoms with Crippen LogP contribution in [0.25, 0.3) is 10.2 Å². The third kappa shape index (κ3) is 2.18. The highest BCUT2D eigenvalue weighted by molar-refractivity contribution is 7.90. The van der Waals surface area contributed by atoms with Crippen LogP contribution in [-0.2, 0) is 22.7 Å². The molecule has 5 nitrogen and oxygen atoms in total. The Morgan fingerprint density at radius 2 is 1.95 bits per heavy atom. The SMILES string of the molecule is CC(c1nc(N)c2c3c(sc2n1)CCCC3)S(C)(=O)=O. The second-order valence-corrected chi connectivity index (χ2v) is 8.78. The summed E-state index contributed by atoms with van der Waals surface area (Å²) in [7, 11) is -3.22. The predicted molar refractivity (Wildman–Crippen MR) is 81.7 cm³/mol. The van der Waals surface area contributed by atoms with Gasteiger partial charge in [0.1, 0.15) is 21.7 Å². The van der Waals surface area contributed by atoms with Crippen molar-refractivity contribution in [3.8, 4) is 0 Å². The average molecular weight is 311 g/mol. The summed E-state index contributed by atoms with van der Waals surface area (Å²) in [5.74, 6) is 0.719. The lowest BCUT2D eigenvalue weighted by atomic mass is 9.97. The summed E-state index contributed by atoms with van der Waals surface area (Å²) in [5.41, 5.74) is 7.34. The van der Waals surface area contributed by atoms with Gasteiger partial charge in [-0.15, -0.1) is 11.3 Å². The lowest BCUT2D eigenvalue weighted by Gasteiger charge is -2.11. The highest BCUT2D eigenvalue weighted by Gasteiger charge is 2.24. The van der Waals surface area contributed by atoms with E-state index in [1.807, 2.05) is 0 Å². The van der Waals surface area contributed by atoms with E-state index < -0.39 is 15.1 Å². The van der Waals surface area contributed by atoms with Crippen molar-refractivity contribution in [1.29, 1.82) is 0 Å². The molecule has 0 saturated heterocycles. The van der Waals surface area contributed by atoms with Crippen LogP contribution in [0.4, 0.5) is 5.82 Å². The maximum absolute atomic E-state index is 11.7. The van der Waals surface area contributed by atoms with Crippen LogP contribution >= 0.6 is 11.3 Å². The van der Waals surface area contributed by atoms with Crippen LogP contribution in [0.1, 0.15) is 41.3 Å². The Morgan fingerprint density at radius 1 is 1.25 bits per heavy atom. The second kappa shape index (κ2) is 4.66. The van der Waals surface area contributed by atoms with Crippen molar-refractivity contribution in [3.63, 3.8) is 0 Å². The summed E-state index contributed by atoms with van der Waals surface area (Å²) in [6.07, 6.45) is 5.64. The molecule has 1 aliphatic rings. The fourth-order valence-corrected chi connectivity index (χ4v) is 4.34. The van der Waals surface area contributed by atoms with Crippen LogP contribution in [0.15, 0.2) is 0 Å². The third-order valence-electron chi connectivity index (χ3n) is 3.87. The number of aromatic nitrogens is 2. The van der Waals surface area contributed by atoms with Crippen molar-refractivity contribution in [3.05, 3.63) is 16.3 Å². The molecule has 0 radical (unpaired) electrons. The quantitative estimate of drug-likeness (QED) is 0.919. The van der Waals surface area contributed by atoms with Gasteiger partial charge < -0.3 is 5.73 Å². The lowest BCUT2D eigenvalue weighted by molar-refractivity contribution is 0.589. The van der Waals surface area contributed by atoms with Gasteiger partial charge in [-0.05, 0) is 38.2 Å². The maximum atomic E-state index is 11.7. The predicted octanol–water partition coefficient (Wildman–Crippen LogP) is 2.26. The second-order valence-electron chi connectivity index (χ2n) is 5.33. The van der Waals surface area contributed by atoms with E-state index in [1.54, 1.807) is 18.3 Å². The number of nitrogens with zero attached hydrogens (tertiary/aromatic N) is 2. The Labute approximate surface area is 122 Å². The number of rotatable bonds is 2. The Morgan fingerprint density at radius 3 is 2.65 bits per heavy atom. The zero-order chi connectivity index (χ0) is 14.5. The number of hydrogen-bond donors (Lipinski definition) is 1. The normalized spacial score (nSPS) is 17.1. The lowest BCUT2D eigenvalue weighted by Crippen LogP contribution is -2.12. The minimum atomic E-state index is -3.22. The van der Waals surface area contributed by atoms with Gasteiger partial charge in [-0.1, -0.05) is 0 Å². The standard InChI is InChI=1S/C13H17N3O2S2/c1-7(20(2,17)18)12-15-11(14)10-8-5-3-4-6-9(8)19-13(10)16-12/h7H,3-6H2,1-2H3,(H2,14,15,16). The van der Waals surface area contributed by atoms with Crippen molar-refractivity contribution in [1.82, 2.24) is 9.97 Å². The molecule has 2 aromatic heterocycles. The third-order valence-corrected chi connectivity index (χ3v) is 6.55. The first-order valence-electron chi connectivity index (χ1n) is 6.64. The van der Waals surface area contributed by atoms with Crippen molar-refractivity contribution in [2.75, 3.05) is 12.0 Å². The number of anilines is 1. The Balaban J connectivity index is 2.20. The zero-order valence-corrected chi connectivity index (χ0v) is 13.1. The number of sulfone groups is 1. The van der Waals surface area contributed by atoms with Crippen molar-refractivity contribution < 1.29 is 8.42 Å². The van der Waals surface area contributed by atoms with Gasteiger partial charge in [0.05, 0.1) is 5.39 Å². The van der Waals surface area contributed by atoms with E-state index in [1.165, 1.54) is 29.5 Å². The average Bonchev–Trinajstić information content (AvgIpc) is 2.75. The molecule has 2 N–H and O–H groups in total. The molecule has 0 bridgehead atoms. The van der Waals surface area contributed by atoms with Gasteiger partial charge in [0.15, 0.2) is 9.84 Å². The molecule has 7 heteroatoms. The van der Waals surface area contributed by atoms with Gasteiger partial charge >= 0.3 is 0 Å². The highest BCUT2D eigenvalue weighted by atomic mass is 32.2. The van der Waals surface area contributed by atoms with Crippen LogP contribution in [0.3, 0.4) is 0 Å². The molecule has 1 aliphatic carbocycles. The summed E-state index contributed by atoms with van der Waals surface area (Å²) in [5, 5.41) is 0.211. The molecule has 0 aliphatic heterocycles. The molecule has 3 rings (SSSR count). The largest absolute Gasteiger partial charge is 0.383 e. The fourth-order valence-electron chi connectivity index (χ4n) is 2.58. The summed E-state index contributed by atoms with van der Waals surface area (Å²) in [6.45, 7) is 1.60. The van der Waals surface area contributed by atoms with Crippen LogP contribution < -0.4 is 5.73 Å². The van der Waals surface area contributed by atoms with E-state index in [9.17, 15) is 8.42 Å². The van der Waals surface area contributed by atoms with Crippen LogP contribution in [0, 0.1) is 0 Å². The van der Waals surface area contributed by atoms with E-state index >= 15 is 0 Å². The van der Waals surface area contributed by atoms with Gasteiger partial charge in [-0.3, -0.25) is 0 Å². The number of aryl methyl sites for hydroxylation is 2. The van der Waals surface area contributed by atoms with Gasteiger partial charge in [-0.2, -0.15) is 0 Å². The van der Waals surface area contributed by atoms with Crippen LogP contribution in [0.2, 0.25) is 0 Å². The van der Waals surface area contributed by atoms with Gasteiger partial charge in [-0.25, -0.2) is 18.4 Å². The summed E-state index contributed by atoms with van der Waals surface area (Å²) in [6, 6.07) is 0. The molecule has 0 fully saturated rings. The molecule has 0 amide bonds. The molecule has 20 heavy (non-hydrogen) atoms. The van der Waals surface area contributed by atoms with Crippen LogP contribution in [0.5, 0.6) is 0 Å². The molecule has 0 saturated carbocycles. The summed E-state index contributed by atoms with van der Waals surface area (Å²) < 4.78 is 23.3. The molecule has 1 atom stereocenters. The highest BCUT2D eigenvalue weighted by Crippen LogP contribution is 2.38. The number of thiophene rings is 1. The van der Waals surface area contributed by atoms with E-state index in [-0.39, 0.29) is 0 Å². The Bertz CT molecular complexity index is 781. The molecular formula is C13H17N3O2S2. The van der Waals surface area contributed by atoms with E-state index in [0.717, 1.165) is 23.1 Å². The minimum absolute atomic E-state index is 0.302. The van der Waals surface area contributed by atoms with Crippen molar-refractivity contribution in [2.24, 2.45) is 0 Å². The first kappa shape index (κ1) is 13.8. The molecular weight excluding hydrogens is 294 g/mol. The molecule has 2 aromatic rings. The minimum Gasteiger partial charge on any atom is -0.383 e. The fraction of sp³-hybridized carbons (Fsp3) is 0.538. The Kier molecular flexibility index (Phi) is 3.21. The van der Waals surface area contributed by atoms with E-state index in [2.05, 4.69) is 9.97 Å². The summed E-state index contributed by atoms with van der Waals surface area (Å²) in [4.78, 5) is 10.9. The van der Waals surface area contributed by atoms with Gasteiger partial charge in [0.2, 0.25) is 0 Å². The first-order chi connectivity index (χ1) is 9.38. The van der Waals surface area contributed by atoms with E-state index in [0.29, 0.717) is 11.6 Å². The van der Waals surface area contributed by atoms with E-state index in [4.69, 9.17) is 5.73 Å². The number of nitrogens with two attached hydrogens (primary N) is 1. The number of nitrogen functional groups attached to an aromatic ring is 1.